The minimum absolute atomic E-state index is 1.26. The van der Waals surface area contributed by atoms with Crippen molar-refractivity contribution in [3.63, 3.8) is 0 Å². The second-order valence-corrected chi connectivity index (χ2v) is 3.42. The Hall–Kier alpha value is -0.520. The molecule has 0 unspecified atom stereocenters. The maximum Gasteiger partial charge on any atom is -0.0351 e. The summed E-state index contributed by atoms with van der Waals surface area (Å²) in [7, 11) is 0. The lowest BCUT2D eigenvalue weighted by Gasteiger charge is -1.83. The summed E-state index contributed by atoms with van der Waals surface area (Å²) in [5, 5.41) is 0. The molecule has 0 aromatic heterocycles. The van der Waals surface area contributed by atoms with E-state index in [-0.39, 0.29) is 0 Å². The first kappa shape index (κ1) is 15.9. The molecule has 0 heteroatoms. The SMILES string of the molecule is CC=CCCCC.CC=CCCCC. The lowest BCUT2D eigenvalue weighted by atomic mass is 10.2. The molecule has 0 aliphatic rings. The summed E-state index contributed by atoms with van der Waals surface area (Å²) in [5.74, 6) is 0. The summed E-state index contributed by atoms with van der Waals surface area (Å²) < 4.78 is 0. The van der Waals surface area contributed by atoms with Crippen molar-refractivity contribution in [2.24, 2.45) is 0 Å². The van der Waals surface area contributed by atoms with Crippen molar-refractivity contribution in [1.82, 2.24) is 0 Å². The summed E-state index contributed by atoms with van der Waals surface area (Å²) in [5.41, 5.74) is 0. The van der Waals surface area contributed by atoms with Crippen LogP contribution in [0.3, 0.4) is 0 Å². The van der Waals surface area contributed by atoms with E-state index in [0.29, 0.717) is 0 Å². The minimum atomic E-state index is 1.26. The Bertz CT molecular complexity index is 104. The topological polar surface area (TPSA) is 0 Å². The highest BCUT2D eigenvalue weighted by molar-refractivity contribution is 4.76. The second kappa shape index (κ2) is 18.3. The number of hydrogen-bond donors (Lipinski definition) is 0. The van der Waals surface area contributed by atoms with Gasteiger partial charge in [0.15, 0.2) is 0 Å². The molecule has 14 heavy (non-hydrogen) atoms. The molecule has 0 fully saturated rings. The molecular weight excluding hydrogens is 168 g/mol. The zero-order chi connectivity index (χ0) is 11.1. The first-order valence-electron chi connectivity index (χ1n) is 6.05. The van der Waals surface area contributed by atoms with E-state index in [1.165, 1.54) is 38.5 Å². The molecule has 0 rings (SSSR count). The summed E-state index contributed by atoms with van der Waals surface area (Å²) in [6, 6.07) is 0. The van der Waals surface area contributed by atoms with Crippen LogP contribution in [0.15, 0.2) is 24.3 Å². The molecule has 0 heterocycles. The first-order valence-corrected chi connectivity index (χ1v) is 6.05. The second-order valence-electron chi connectivity index (χ2n) is 3.42. The van der Waals surface area contributed by atoms with E-state index in [9.17, 15) is 0 Å². The van der Waals surface area contributed by atoms with E-state index in [1.807, 2.05) is 0 Å². The average Bonchev–Trinajstić information content (AvgIpc) is 2.21. The molecule has 0 saturated heterocycles. The van der Waals surface area contributed by atoms with E-state index in [2.05, 4.69) is 52.0 Å². The third-order valence-corrected chi connectivity index (χ3v) is 1.92. The van der Waals surface area contributed by atoms with Gasteiger partial charge in [-0.1, -0.05) is 63.8 Å². The van der Waals surface area contributed by atoms with Gasteiger partial charge in [0.1, 0.15) is 0 Å². The van der Waals surface area contributed by atoms with Crippen LogP contribution in [0.5, 0.6) is 0 Å². The quantitative estimate of drug-likeness (QED) is 0.388. The fraction of sp³-hybridized carbons (Fsp3) is 0.714. The Balaban J connectivity index is 0. The standard InChI is InChI=1S/2C7H14/c2*1-3-5-7-6-4-2/h2*3,5H,4,6-7H2,1-2H3. The van der Waals surface area contributed by atoms with Gasteiger partial charge in [-0.15, -0.1) is 0 Å². The number of hydrogen-bond acceptors (Lipinski definition) is 0. The van der Waals surface area contributed by atoms with Crippen molar-refractivity contribution in [2.75, 3.05) is 0 Å². The van der Waals surface area contributed by atoms with Crippen LogP contribution < -0.4 is 0 Å². The fourth-order valence-corrected chi connectivity index (χ4v) is 0.977. The van der Waals surface area contributed by atoms with Gasteiger partial charge in [-0.3, -0.25) is 0 Å². The van der Waals surface area contributed by atoms with Crippen molar-refractivity contribution < 1.29 is 0 Å². The van der Waals surface area contributed by atoms with Gasteiger partial charge in [0, 0.05) is 0 Å². The highest BCUT2D eigenvalue weighted by Gasteiger charge is 1.73. The smallest absolute Gasteiger partial charge is 0.0351 e. The van der Waals surface area contributed by atoms with Crippen LogP contribution in [0.1, 0.15) is 66.2 Å². The van der Waals surface area contributed by atoms with E-state index in [4.69, 9.17) is 0 Å². The van der Waals surface area contributed by atoms with Crippen LogP contribution >= 0.6 is 0 Å². The van der Waals surface area contributed by atoms with Crippen molar-refractivity contribution in [1.29, 1.82) is 0 Å². The van der Waals surface area contributed by atoms with Crippen LogP contribution in [0, 0.1) is 0 Å². The normalized spacial score (nSPS) is 10.6. The predicted molar refractivity (Wildman–Crippen MR) is 68.7 cm³/mol. The van der Waals surface area contributed by atoms with Crippen molar-refractivity contribution >= 4 is 0 Å². The Morgan fingerprint density at radius 2 is 1.07 bits per heavy atom. The molecule has 0 radical (unpaired) electrons. The Kier molecular flexibility index (Phi) is 20.8. The maximum atomic E-state index is 2.21. The largest absolute Gasteiger partial charge is 0.0917 e. The molecule has 0 atom stereocenters. The zero-order valence-electron chi connectivity index (χ0n) is 10.6. The maximum absolute atomic E-state index is 2.21. The number of unbranched alkanes of at least 4 members (excludes halogenated alkanes) is 4. The monoisotopic (exact) mass is 196 g/mol. The molecule has 0 aromatic carbocycles. The van der Waals surface area contributed by atoms with Gasteiger partial charge < -0.3 is 0 Å². The van der Waals surface area contributed by atoms with Gasteiger partial charge in [0.25, 0.3) is 0 Å². The van der Waals surface area contributed by atoms with Gasteiger partial charge in [-0.25, -0.2) is 0 Å². The van der Waals surface area contributed by atoms with Crippen molar-refractivity contribution in [3.8, 4) is 0 Å². The Labute approximate surface area is 91.1 Å². The average molecular weight is 196 g/mol. The summed E-state index contributed by atoms with van der Waals surface area (Å²) in [6.45, 7) is 8.55. The summed E-state index contributed by atoms with van der Waals surface area (Å²) >= 11 is 0. The molecule has 0 amide bonds. The van der Waals surface area contributed by atoms with Crippen LogP contribution in [0.25, 0.3) is 0 Å². The fourth-order valence-electron chi connectivity index (χ4n) is 0.977. The van der Waals surface area contributed by atoms with Crippen LogP contribution in [0.4, 0.5) is 0 Å². The Morgan fingerprint density at radius 3 is 1.29 bits per heavy atom. The molecule has 0 bridgehead atoms. The van der Waals surface area contributed by atoms with E-state index in [0.717, 1.165) is 0 Å². The van der Waals surface area contributed by atoms with E-state index in [1.54, 1.807) is 0 Å². The van der Waals surface area contributed by atoms with Gasteiger partial charge in [-0.05, 0) is 26.7 Å². The molecule has 0 aromatic rings. The van der Waals surface area contributed by atoms with Gasteiger partial charge >= 0.3 is 0 Å². The molecule has 0 aliphatic heterocycles. The molecule has 0 saturated carbocycles. The van der Waals surface area contributed by atoms with Crippen LogP contribution in [-0.4, -0.2) is 0 Å². The molecule has 0 nitrogen and oxygen atoms in total. The molecule has 84 valence electrons. The third kappa shape index (κ3) is 22.5. The lowest BCUT2D eigenvalue weighted by molar-refractivity contribution is 0.814. The van der Waals surface area contributed by atoms with Crippen LogP contribution in [-0.2, 0) is 0 Å². The van der Waals surface area contributed by atoms with Crippen molar-refractivity contribution in [3.05, 3.63) is 24.3 Å². The minimum Gasteiger partial charge on any atom is -0.0917 e. The molecule has 0 spiro atoms. The van der Waals surface area contributed by atoms with E-state index >= 15 is 0 Å². The first-order chi connectivity index (χ1) is 6.83. The van der Waals surface area contributed by atoms with Crippen molar-refractivity contribution in [2.45, 2.75) is 66.2 Å². The molecule has 0 aliphatic carbocycles. The highest BCUT2D eigenvalue weighted by Crippen LogP contribution is 1.93. The number of rotatable bonds is 6. The third-order valence-electron chi connectivity index (χ3n) is 1.92. The molecule has 0 N–H and O–H groups in total. The van der Waals surface area contributed by atoms with Gasteiger partial charge in [-0.2, -0.15) is 0 Å². The molecular formula is C14H28. The van der Waals surface area contributed by atoms with E-state index < -0.39 is 0 Å². The number of allylic oxidation sites excluding steroid dienone is 4. The summed E-state index contributed by atoms with van der Waals surface area (Å²) in [6.07, 6.45) is 16.4. The lowest BCUT2D eigenvalue weighted by Crippen LogP contribution is -1.63. The van der Waals surface area contributed by atoms with Gasteiger partial charge in [0.05, 0.1) is 0 Å². The Morgan fingerprint density at radius 1 is 0.714 bits per heavy atom. The predicted octanol–water partition coefficient (Wildman–Crippen LogP) is 5.51. The van der Waals surface area contributed by atoms with Gasteiger partial charge in [0.2, 0.25) is 0 Å². The highest BCUT2D eigenvalue weighted by atomic mass is 13.8. The van der Waals surface area contributed by atoms with Crippen LogP contribution in [0.2, 0.25) is 0 Å². The summed E-state index contributed by atoms with van der Waals surface area (Å²) in [4.78, 5) is 0. The zero-order valence-corrected chi connectivity index (χ0v) is 10.6.